The summed E-state index contributed by atoms with van der Waals surface area (Å²) < 4.78 is 10.7. The van der Waals surface area contributed by atoms with Crippen LogP contribution in [0.4, 0.5) is 0 Å². The highest BCUT2D eigenvalue weighted by molar-refractivity contribution is 7.99. The highest BCUT2D eigenvalue weighted by Gasteiger charge is 2.12. The molecule has 0 saturated heterocycles. The van der Waals surface area contributed by atoms with Crippen LogP contribution in [-0.4, -0.2) is 28.5 Å². The Bertz CT molecular complexity index is 1060. The SMILES string of the molecule is Cc1ccccc1C(=O)OCC#CCSc1nnc(-c2ccc(Cl)cc2Cl)o1. The third kappa shape index (κ3) is 5.29. The van der Waals surface area contributed by atoms with Gasteiger partial charge in [0, 0.05) is 5.02 Å². The van der Waals surface area contributed by atoms with Gasteiger partial charge >= 0.3 is 5.97 Å². The molecule has 0 fully saturated rings. The van der Waals surface area contributed by atoms with E-state index in [-0.39, 0.29) is 12.6 Å². The van der Waals surface area contributed by atoms with E-state index in [9.17, 15) is 4.79 Å². The van der Waals surface area contributed by atoms with E-state index in [1.54, 1.807) is 30.3 Å². The molecule has 0 aliphatic heterocycles. The number of halogens is 2. The van der Waals surface area contributed by atoms with Crippen molar-refractivity contribution in [2.24, 2.45) is 0 Å². The summed E-state index contributed by atoms with van der Waals surface area (Å²) in [6.07, 6.45) is 0. The molecule has 0 bridgehead atoms. The average Bonchev–Trinajstić information content (AvgIpc) is 3.13. The van der Waals surface area contributed by atoms with Crippen LogP contribution in [-0.2, 0) is 4.74 Å². The number of aromatic nitrogens is 2. The lowest BCUT2D eigenvalue weighted by molar-refractivity contribution is 0.0556. The Balaban J connectivity index is 1.48. The van der Waals surface area contributed by atoms with Crippen molar-refractivity contribution in [1.29, 1.82) is 0 Å². The van der Waals surface area contributed by atoms with Crippen molar-refractivity contribution in [3.05, 3.63) is 63.6 Å². The predicted octanol–water partition coefficient (Wildman–Crippen LogP) is 5.30. The Hall–Kier alpha value is -2.46. The Kier molecular flexibility index (Phi) is 6.99. The molecular formula is C20H14Cl2N2O3S. The molecule has 142 valence electrons. The molecule has 0 N–H and O–H groups in total. The summed E-state index contributed by atoms with van der Waals surface area (Å²) in [6.45, 7) is 1.87. The Morgan fingerprint density at radius 1 is 1.18 bits per heavy atom. The molecule has 0 spiro atoms. The number of rotatable bonds is 5. The fraction of sp³-hybridized carbons (Fsp3) is 0.150. The van der Waals surface area contributed by atoms with Gasteiger partial charge in [0.15, 0.2) is 6.61 Å². The van der Waals surface area contributed by atoms with Gasteiger partial charge < -0.3 is 9.15 Å². The first-order valence-corrected chi connectivity index (χ1v) is 9.89. The van der Waals surface area contributed by atoms with Crippen LogP contribution in [0.15, 0.2) is 52.1 Å². The second kappa shape index (κ2) is 9.65. The summed E-state index contributed by atoms with van der Waals surface area (Å²) in [4.78, 5) is 12.0. The van der Waals surface area contributed by atoms with Crippen molar-refractivity contribution in [1.82, 2.24) is 10.2 Å². The molecule has 3 rings (SSSR count). The smallest absolute Gasteiger partial charge is 0.339 e. The number of thioether (sulfide) groups is 1. The van der Waals surface area contributed by atoms with Crippen molar-refractivity contribution in [3.63, 3.8) is 0 Å². The summed E-state index contributed by atoms with van der Waals surface area (Å²) in [5.41, 5.74) is 2.02. The maximum atomic E-state index is 12.0. The molecule has 0 amide bonds. The maximum absolute atomic E-state index is 12.0. The average molecular weight is 433 g/mol. The quantitative estimate of drug-likeness (QED) is 0.309. The first kappa shape index (κ1) is 20.3. The van der Waals surface area contributed by atoms with Crippen molar-refractivity contribution < 1.29 is 13.9 Å². The Morgan fingerprint density at radius 3 is 2.79 bits per heavy atom. The fourth-order valence-electron chi connectivity index (χ4n) is 2.22. The van der Waals surface area contributed by atoms with Gasteiger partial charge in [-0.2, -0.15) is 0 Å². The first-order valence-electron chi connectivity index (χ1n) is 8.15. The third-order valence-corrected chi connectivity index (χ3v) is 4.85. The van der Waals surface area contributed by atoms with Crippen LogP contribution >= 0.6 is 35.0 Å². The van der Waals surface area contributed by atoms with Gasteiger partial charge in [0.25, 0.3) is 5.22 Å². The van der Waals surface area contributed by atoms with Crippen molar-refractivity contribution in [2.45, 2.75) is 12.1 Å². The van der Waals surface area contributed by atoms with Crippen LogP contribution in [0.1, 0.15) is 15.9 Å². The molecule has 1 heterocycles. The second-order valence-electron chi connectivity index (χ2n) is 5.53. The Morgan fingerprint density at radius 2 is 2.00 bits per heavy atom. The van der Waals surface area contributed by atoms with Gasteiger partial charge in [0.1, 0.15) is 0 Å². The van der Waals surface area contributed by atoms with Crippen LogP contribution in [0.5, 0.6) is 0 Å². The number of carbonyl (C=O) groups is 1. The maximum Gasteiger partial charge on any atom is 0.339 e. The number of benzene rings is 2. The topological polar surface area (TPSA) is 65.2 Å². The van der Waals surface area contributed by atoms with E-state index in [1.165, 1.54) is 11.8 Å². The van der Waals surface area contributed by atoms with Gasteiger partial charge in [-0.25, -0.2) is 4.79 Å². The largest absolute Gasteiger partial charge is 0.449 e. The van der Waals surface area contributed by atoms with Crippen molar-refractivity contribution in [3.8, 4) is 23.3 Å². The second-order valence-corrected chi connectivity index (χ2v) is 7.30. The van der Waals surface area contributed by atoms with E-state index in [1.807, 2.05) is 19.1 Å². The summed E-state index contributed by atoms with van der Waals surface area (Å²) in [5.74, 6) is 6.01. The third-order valence-electron chi connectivity index (χ3n) is 3.60. The van der Waals surface area contributed by atoms with Gasteiger partial charge in [0.05, 0.1) is 21.9 Å². The van der Waals surface area contributed by atoms with Crippen molar-refractivity contribution >= 4 is 40.9 Å². The minimum Gasteiger partial charge on any atom is -0.449 e. The summed E-state index contributed by atoms with van der Waals surface area (Å²) in [5, 5.41) is 9.26. The summed E-state index contributed by atoms with van der Waals surface area (Å²) in [7, 11) is 0. The van der Waals surface area contributed by atoms with E-state index < -0.39 is 0 Å². The lowest BCUT2D eigenvalue weighted by atomic mass is 10.1. The molecule has 0 unspecified atom stereocenters. The fourth-order valence-corrected chi connectivity index (χ4v) is 3.24. The van der Waals surface area contributed by atoms with E-state index in [4.69, 9.17) is 32.4 Å². The minimum atomic E-state index is -0.388. The standard InChI is InChI=1S/C20H14Cl2N2O3S/c1-13-6-2-3-7-15(13)19(25)26-10-4-5-11-28-20-24-23-18(27-20)16-9-8-14(21)12-17(16)22/h2-3,6-9,12H,10-11H2,1H3. The van der Waals surface area contributed by atoms with E-state index in [0.717, 1.165) is 5.56 Å². The lowest BCUT2D eigenvalue weighted by Crippen LogP contribution is -2.07. The molecule has 0 aliphatic carbocycles. The highest BCUT2D eigenvalue weighted by atomic mass is 35.5. The van der Waals surface area contributed by atoms with Gasteiger partial charge in [-0.05, 0) is 36.8 Å². The molecule has 5 nitrogen and oxygen atoms in total. The molecule has 28 heavy (non-hydrogen) atoms. The van der Waals surface area contributed by atoms with E-state index in [0.29, 0.717) is 38.0 Å². The zero-order valence-corrected chi connectivity index (χ0v) is 17.1. The van der Waals surface area contributed by atoms with Gasteiger partial charge in [-0.3, -0.25) is 0 Å². The number of hydrogen-bond donors (Lipinski definition) is 0. The van der Waals surface area contributed by atoms with Crippen LogP contribution in [0.3, 0.4) is 0 Å². The number of nitrogens with zero attached hydrogens (tertiary/aromatic N) is 2. The number of aryl methyl sites for hydroxylation is 1. The number of ether oxygens (including phenoxy) is 1. The molecular weight excluding hydrogens is 419 g/mol. The minimum absolute atomic E-state index is 0.0171. The molecule has 8 heteroatoms. The van der Waals surface area contributed by atoms with Gasteiger partial charge in [-0.15, -0.1) is 10.2 Å². The zero-order valence-electron chi connectivity index (χ0n) is 14.7. The Labute approximate surface area is 176 Å². The van der Waals surface area contributed by atoms with Crippen LogP contribution in [0, 0.1) is 18.8 Å². The summed E-state index contributed by atoms with van der Waals surface area (Å²) in [6, 6.07) is 12.3. The first-order chi connectivity index (χ1) is 13.5. The zero-order chi connectivity index (χ0) is 19.9. The molecule has 0 aliphatic rings. The van der Waals surface area contributed by atoms with Crippen LogP contribution < -0.4 is 0 Å². The van der Waals surface area contributed by atoms with Crippen LogP contribution in [0.25, 0.3) is 11.5 Å². The van der Waals surface area contributed by atoms with E-state index in [2.05, 4.69) is 22.0 Å². The van der Waals surface area contributed by atoms with Gasteiger partial charge in [-0.1, -0.05) is 65.0 Å². The van der Waals surface area contributed by atoms with Crippen LogP contribution in [0.2, 0.25) is 10.0 Å². The summed E-state index contributed by atoms with van der Waals surface area (Å²) >= 11 is 13.3. The number of esters is 1. The predicted molar refractivity (Wildman–Crippen MR) is 110 cm³/mol. The highest BCUT2D eigenvalue weighted by Crippen LogP contribution is 2.30. The monoisotopic (exact) mass is 432 g/mol. The van der Waals surface area contributed by atoms with Gasteiger partial charge in [0.2, 0.25) is 5.89 Å². The molecule has 0 atom stereocenters. The lowest BCUT2D eigenvalue weighted by Gasteiger charge is -2.03. The number of carbonyl (C=O) groups excluding carboxylic acids is 1. The molecule has 0 radical (unpaired) electrons. The normalized spacial score (nSPS) is 10.2. The molecule has 0 saturated carbocycles. The van der Waals surface area contributed by atoms with E-state index >= 15 is 0 Å². The number of hydrogen-bond acceptors (Lipinski definition) is 6. The van der Waals surface area contributed by atoms with Crippen molar-refractivity contribution in [2.75, 3.05) is 12.4 Å². The molecule has 2 aromatic carbocycles. The molecule has 3 aromatic rings. The molecule has 1 aromatic heterocycles.